The van der Waals surface area contributed by atoms with E-state index in [9.17, 15) is 18.0 Å². The molecule has 3 aliphatic carbocycles. The minimum atomic E-state index is -0.598. The fraction of sp³-hybridized carbons (Fsp3) is 0.346. The van der Waals surface area contributed by atoms with Gasteiger partial charge in [-0.3, -0.25) is 19.1 Å². The normalized spacial score (nSPS) is 24.4. The molecule has 0 radical (unpaired) electrons. The maximum Gasteiger partial charge on any atom is 0.260 e. The molecule has 19 heteroatoms. The summed E-state index contributed by atoms with van der Waals surface area (Å²) < 4.78 is 46.7. The van der Waals surface area contributed by atoms with E-state index in [1.165, 1.54) is 22.8 Å². The molecule has 4 aromatic heterocycles. The smallest absolute Gasteiger partial charge is 0.260 e. The average Bonchev–Trinajstić information content (AvgIpc) is 4.33. The number of hydrogen-bond acceptors (Lipinski definition) is 10. The number of aromatic amines is 1. The Balaban J connectivity index is 0.000000147. The SMILES string of the molecule is Cc1nc(N2CC[C@@H]3[C@H](C2)[C@@]3(CN)c2cc(F)ccc2F)cc(=O)n1-c1cccc(Cl)c1Cl.NC[C@]1(c2ccccc2F)[C@@H]2CCN(c3cnc4c(-c5ccc6c(cnn6C6CC6)c5Cl)n[nH]c4n3)C[C@@H]21. The third kappa shape index (κ3) is 7.34. The molecule has 13 nitrogen and oxygen atoms in total. The third-order valence-corrected chi connectivity index (χ3v) is 17.4. The lowest BCUT2D eigenvalue weighted by Gasteiger charge is -2.28. The zero-order chi connectivity index (χ0) is 49.1. The first-order chi connectivity index (χ1) is 34.4. The highest BCUT2D eigenvalue weighted by Crippen LogP contribution is 2.64. The number of nitrogens with one attached hydrogen (secondary N) is 1. The van der Waals surface area contributed by atoms with Crippen LogP contribution in [0.4, 0.5) is 24.8 Å². The molecule has 5 aliphatic rings. The summed E-state index contributed by atoms with van der Waals surface area (Å²) in [6.45, 7) is 5.21. The maximum absolute atomic E-state index is 14.7. The number of aromatic nitrogens is 8. The van der Waals surface area contributed by atoms with E-state index in [1.807, 2.05) is 29.3 Å². The van der Waals surface area contributed by atoms with Crippen molar-refractivity contribution in [2.45, 2.75) is 49.5 Å². The molecular formula is C52H48Cl3F3N12O. The minimum Gasteiger partial charge on any atom is -0.356 e. The number of piperidine rings is 2. The zero-order valence-electron chi connectivity index (χ0n) is 38.5. The Morgan fingerprint density at radius 2 is 1.45 bits per heavy atom. The molecule has 3 saturated carbocycles. The van der Waals surface area contributed by atoms with Gasteiger partial charge in [-0.2, -0.15) is 10.2 Å². The molecule has 5 fully saturated rings. The van der Waals surface area contributed by atoms with Crippen LogP contribution in [0.5, 0.6) is 0 Å². The van der Waals surface area contributed by atoms with Crippen molar-refractivity contribution < 1.29 is 13.2 Å². The van der Waals surface area contributed by atoms with Gasteiger partial charge in [-0.05, 0) is 116 Å². The van der Waals surface area contributed by atoms with E-state index in [4.69, 9.17) is 56.2 Å². The number of H-pyrrole nitrogens is 1. The predicted molar refractivity (Wildman–Crippen MR) is 270 cm³/mol. The first kappa shape index (κ1) is 46.1. The van der Waals surface area contributed by atoms with Gasteiger partial charge in [-0.15, -0.1) is 0 Å². The molecule has 2 aliphatic heterocycles. The van der Waals surface area contributed by atoms with E-state index in [0.717, 1.165) is 78.8 Å². The van der Waals surface area contributed by atoms with Gasteiger partial charge in [0.05, 0.1) is 44.7 Å². The van der Waals surface area contributed by atoms with Crippen molar-refractivity contribution in [2.24, 2.45) is 35.1 Å². The molecule has 4 aromatic carbocycles. The molecule has 8 aromatic rings. The van der Waals surface area contributed by atoms with Crippen molar-refractivity contribution in [3.63, 3.8) is 0 Å². The molecule has 6 atom stereocenters. The van der Waals surface area contributed by atoms with Crippen LogP contribution < -0.4 is 26.8 Å². The highest BCUT2D eigenvalue weighted by atomic mass is 35.5. The Bertz CT molecular complexity index is 3490. The van der Waals surface area contributed by atoms with E-state index in [2.05, 4.69) is 35.9 Å². The van der Waals surface area contributed by atoms with Crippen molar-refractivity contribution in [3.8, 4) is 16.9 Å². The Morgan fingerprint density at radius 1 is 0.746 bits per heavy atom. The van der Waals surface area contributed by atoms with Gasteiger partial charge in [-0.25, -0.2) is 28.1 Å². The Morgan fingerprint density at radius 3 is 2.15 bits per heavy atom. The lowest BCUT2D eigenvalue weighted by molar-refractivity contribution is 0.523. The Hall–Kier alpha value is -6.04. The van der Waals surface area contributed by atoms with Crippen molar-refractivity contribution in [3.05, 3.63) is 151 Å². The number of hydrogen-bond donors (Lipinski definition) is 3. The van der Waals surface area contributed by atoms with Crippen molar-refractivity contribution in [1.29, 1.82) is 0 Å². The van der Waals surface area contributed by atoms with Crippen LogP contribution in [-0.4, -0.2) is 78.8 Å². The Kier molecular flexibility index (Phi) is 11.2. The van der Waals surface area contributed by atoms with Gasteiger partial charge in [0.15, 0.2) is 5.65 Å². The van der Waals surface area contributed by atoms with Crippen LogP contribution in [-0.2, 0) is 10.8 Å². The van der Waals surface area contributed by atoms with Gasteiger partial charge in [0.1, 0.15) is 46.1 Å². The predicted octanol–water partition coefficient (Wildman–Crippen LogP) is 9.33. The van der Waals surface area contributed by atoms with E-state index in [1.54, 1.807) is 37.4 Å². The van der Waals surface area contributed by atoms with E-state index >= 15 is 0 Å². The van der Waals surface area contributed by atoms with Crippen LogP contribution in [0.1, 0.15) is 48.7 Å². The van der Waals surface area contributed by atoms with Gasteiger partial charge in [0.25, 0.3) is 5.56 Å². The zero-order valence-corrected chi connectivity index (χ0v) is 40.7. The van der Waals surface area contributed by atoms with Crippen molar-refractivity contribution in [1.82, 2.24) is 39.5 Å². The van der Waals surface area contributed by atoms with Crippen LogP contribution in [0.3, 0.4) is 0 Å². The van der Waals surface area contributed by atoms with Crippen molar-refractivity contribution >= 4 is 68.5 Å². The number of rotatable bonds is 9. The topological polar surface area (TPSA) is 166 Å². The third-order valence-electron chi connectivity index (χ3n) is 16.1. The summed E-state index contributed by atoms with van der Waals surface area (Å²) >= 11 is 19.3. The lowest BCUT2D eigenvalue weighted by atomic mass is 9.90. The first-order valence-electron chi connectivity index (χ1n) is 23.9. The molecule has 364 valence electrons. The quantitative estimate of drug-likeness (QED) is 0.127. The standard InChI is InChI=1S/C28H26ClFN8.C24H22Cl2F2N4O/c29-24-16(7-8-22-17(24)11-33-38(22)15-5-6-15)25-26-27(36-35-25)34-23(12-32-26)37-10-9-18-20(13-37)28(18,14-31)19-3-1-2-4-21(19)30;1-13-30-21(10-22(33)32(13)20-4-2-3-18(25)23(20)26)31-8-7-15-17(11-31)24(15,12-29)16-9-14(27)5-6-19(16)28/h1-4,7-8,11-12,15,18,20H,5-6,9-10,13-14,31H2,(H,34,35,36);2-6,9-10,15,17H,7-8,11-12,29H2,1H3/t18-,20+,28-;15-,17+,24-/m11/s1. The molecule has 0 amide bonds. The summed E-state index contributed by atoms with van der Waals surface area (Å²) in [4.78, 5) is 31.6. The Labute approximate surface area is 420 Å². The number of aryl methyl sites for hydroxylation is 1. The molecule has 0 spiro atoms. The number of nitrogens with zero attached hydrogens (tertiary/aromatic N) is 9. The van der Waals surface area contributed by atoms with Crippen LogP contribution in [0, 0.1) is 48.0 Å². The molecule has 71 heavy (non-hydrogen) atoms. The number of halogens is 6. The van der Waals surface area contributed by atoms with Gasteiger partial charge >= 0.3 is 0 Å². The fourth-order valence-electron chi connectivity index (χ4n) is 12.4. The minimum absolute atomic E-state index is 0.0551. The second kappa shape index (κ2) is 17.3. The molecule has 13 rings (SSSR count). The van der Waals surface area contributed by atoms with Gasteiger partial charge in [0.2, 0.25) is 0 Å². The highest BCUT2D eigenvalue weighted by molar-refractivity contribution is 6.43. The average molecular weight is 1020 g/mol. The molecule has 0 unspecified atom stereocenters. The summed E-state index contributed by atoms with van der Waals surface area (Å²) in [5.74, 6) is 1.63. The lowest BCUT2D eigenvalue weighted by Crippen LogP contribution is -2.35. The van der Waals surface area contributed by atoms with Gasteiger partial charge in [-0.1, -0.05) is 59.1 Å². The summed E-state index contributed by atoms with van der Waals surface area (Å²) in [5, 5.41) is 14.3. The summed E-state index contributed by atoms with van der Waals surface area (Å²) in [6.07, 6.45) is 7.65. The number of fused-ring (bicyclic) bond motifs is 4. The summed E-state index contributed by atoms with van der Waals surface area (Å²) in [5.41, 5.74) is 16.6. The number of anilines is 2. The van der Waals surface area contributed by atoms with Gasteiger partial charge in [0, 0.05) is 67.1 Å². The summed E-state index contributed by atoms with van der Waals surface area (Å²) in [7, 11) is 0. The second-order valence-corrected chi connectivity index (χ2v) is 20.7. The first-order valence-corrected chi connectivity index (χ1v) is 25.0. The highest BCUT2D eigenvalue weighted by Gasteiger charge is 2.67. The number of benzene rings is 4. The molecule has 0 bridgehead atoms. The second-order valence-electron chi connectivity index (χ2n) is 19.6. The van der Waals surface area contributed by atoms with E-state index in [0.29, 0.717) is 81.4 Å². The maximum atomic E-state index is 14.7. The van der Waals surface area contributed by atoms with Crippen LogP contribution >= 0.6 is 34.8 Å². The van der Waals surface area contributed by atoms with Crippen LogP contribution in [0.25, 0.3) is 39.0 Å². The molecular weight excluding hydrogens is 972 g/mol. The van der Waals surface area contributed by atoms with Gasteiger partial charge < -0.3 is 21.3 Å². The van der Waals surface area contributed by atoms with E-state index in [-0.39, 0.29) is 46.1 Å². The van der Waals surface area contributed by atoms with E-state index < -0.39 is 17.0 Å². The molecule has 2 saturated heterocycles. The summed E-state index contributed by atoms with van der Waals surface area (Å²) in [6, 6.07) is 21.7. The number of nitrogens with two attached hydrogens (primary N) is 2. The molecule has 6 heterocycles. The monoisotopic (exact) mass is 1020 g/mol. The van der Waals surface area contributed by atoms with Crippen LogP contribution in [0.15, 0.2) is 96.1 Å². The largest absolute Gasteiger partial charge is 0.356 e. The molecule has 5 N–H and O–H groups in total. The van der Waals surface area contributed by atoms with Crippen LogP contribution in [0.2, 0.25) is 15.1 Å². The fourth-order valence-corrected chi connectivity index (χ4v) is 13.1. The van der Waals surface area contributed by atoms with Crippen molar-refractivity contribution in [2.75, 3.05) is 49.1 Å².